The van der Waals surface area contributed by atoms with E-state index in [4.69, 9.17) is 0 Å². The molecule has 1 aromatic heterocycles. The number of benzene rings is 1. The van der Waals surface area contributed by atoms with Gasteiger partial charge in [-0.2, -0.15) is 0 Å². The molecule has 0 radical (unpaired) electrons. The molecule has 0 saturated carbocycles. The average Bonchev–Trinajstić information content (AvgIpc) is 2.41. The van der Waals surface area contributed by atoms with Gasteiger partial charge in [-0.25, -0.2) is 0 Å². The standard InChI is InChI=1S/C15H16N2O2/c1-11-3-5-12(6-4-11)10-17(2)15(19)13-7-8-14(18)16-9-13/h3-9H,10H2,1-2H3,(H,16,18). The first-order valence-electron chi connectivity index (χ1n) is 6.06. The van der Waals surface area contributed by atoms with E-state index in [0.717, 1.165) is 5.56 Å². The fourth-order valence-corrected chi connectivity index (χ4v) is 1.80. The lowest BCUT2D eigenvalue weighted by Gasteiger charge is -2.17. The van der Waals surface area contributed by atoms with Crippen LogP contribution in [0.2, 0.25) is 0 Å². The van der Waals surface area contributed by atoms with Gasteiger partial charge in [-0.15, -0.1) is 0 Å². The highest BCUT2D eigenvalue weighted by molar-refractivity contribution is 5.93. The third-order valence-electron chi connectivity index (χ3n) is 2.92. The van der Waals surface area contributed by atoms with Gasteiger partial charge in [0, 0.05) is 25.9 Å². The number of pyridine rings is 1. The lowest BCUT2D eigenvalue weighted by Crippen LogP contribution is -2.26. The highest BCUT2D eigenvalue weighted by Gasteiger charge is 2.11. The molecule has 0 aliphatic carbocycles. The molecule has 0 bridgehead atoms. The molecule has 1 amide bonds. The lowest BCUT2D eigenvalue weighted by atomic mass is 10.1. The Bertz CT molecular complexity index is 609. The number of hydrogen-bond acceptors (Lipinski definition) is 2. The van der Waals surface area contributed by atoms with Gasteiger partial charge >= 0.3 is 0 Å². The first-order chi connectivity index (χ1) is 9.06. The van der Waals surface area contributed by atoms with Gasteiger partial charge in [-0.3, -0.25) is 9.59 Å². The zero-order valence-electron chi connectivity index (χ0n) is 11.0. The van der Waals surface area contributed by atoms with Crippen molar-refractivity contribution in [3.63, 3.8) is 0 Å². The highest BCUT2D eigenvalue weighted by Crippen LogP contribution is 2.08. The summed E-state index contributed by atoms with van der Waals surface area (Å²) in [5.74, 6) is -0.114. The van der Waals surface area contributed by atoms with E-state index < -0.39 is 0 Å². The third kappa shape index (κ3) is 3.31. The Balaban J connectivity index is 2.09. The van der Waals surface area contributed by atoms with Crippen LogP contribution in [0.5, 0.6) is 0 Å². The van der Waals surface area contributed by atoms with Crippen molar-refractivity contribution in [1.82, 2.24) is 9.88 Å². The number of hydrogen-bond donors (Lipinski definition) is 1. The number of nitrogens with one attached hydrogen (secondary N) is 1. The monoisotopic (exact) mass is 256 g/mol. The quantitative estimate of drug-likeness (QED) is 0.912. The number of H-pyrrole nitrogens is 1. The Morgan fingerprint density at radius 2 is 1.84 bits per heavy atom. The molecular formula is C15H16N2O2. The number of carbonyl (C=O) groups excluding carboxylic acids is 1. The van der Waals surface area contributed by atoms with Gasteiger partial charge in [0.1, 0.15) is 0 Å². The number of carbonyl (C=O) groups is 1. The average molecular weight is 256 g/mol. The van der Waals surface area contributed by atoms with Crippen LogP contribution >= 0.6 is 0 Å². The van der Waals surface area contributed by atoms with Gasteiger partial charge in [0.25, 0.3) is 5.91 Å². The van der Waals surface area contributed by atoms with Crippen LogP contribution in [0.25, 0.3) is 0 Å². The molecule has 1 N–H and O–H groups in total. The van der Waals surface area contributed by atoms with Crippen LogP contribution in [0.4, 0.5) is 0 Å². The Kier molecular flexibility index (Phi) is 3.80. The smallest absolute Gasteiger partial charge is 0.255 e. The minimum Gasteiger partial charge on any atom is -0.337 e. The largest absolute Gasteiger partial charge is 0.337 e. The first-order valence-corrected chi connectivity index (χ1v) is 6.06. The summed E-state index contributed by atoms with van der Waals surface area (Å²) >= 11 is 0. The van der Waals surface area contributed by atoms with Crippen LogP contribution in [0, 0.1) is 6.92 Å². The predicted octanol–water partition coefficient (Wildman–Crippen LogP) is 1.96. The van der Waals surface area contributed by atoms with Crippen molar-refractivity contribution < 1.29 is 4.79 Å². The van der Waals surface area contributed by atoms with E-state index >= 15 is 0 Å². The fourth-order valence-electron chi connectivity index (χ4n) is 1.80. The molecule has 0 atom stereocenters. The number of amides is 1. The molecule has 0 aliphatic heterocycles. The molecule has 0 spiro atoms. The van der Waals surface area contributed by atoms with Gasteiger partial charge in [-0.1, -0.05) is 29.8 Å². The normalized spacial score (nSPS) is 10.2. The van der Waals surface area contributed by atoms with Crippen molar-refractivity contribution in [3.8, 4) is 0 Å². The second kappa shape index (κ2) is 5.52. The summed E-state index contributed by atoms with van der Waals surface area (Å²) in [5.41, 5.74) is 2.54. The Morgan fingerprint density at radius 3 is 2.42 bits per heavy atom. The summed E-state index contributed by atoms with van der Waals surface area (Å²) in [6, 6.07) is 10.9. The van der Waals surface area contributed by atoms with Gasteiger partial charge < -0.3 is 9.88 Å². The van der Waals surface area contributed by atoms with E-state index in [1.54, 1.807) is 11.9 Å². The second-order valence-electron chi connectivity index (χ2n) is 4.59. The molecule has 1 aromatic carbocycles. The van der Waals surface area contributed by atoms with E-state index in [-0.39, 0.29) is 11.5 Å². The van der Waals surface area contributed by atoms with Crippen molar-refractivity contribution in [2.75, 3.05) is 7.05 Å². The van der Waals surface area contributed by atoms with Crippen molar-refractivity contribution in [1.29, 1.82) is 0 Å². The van der Waals surface area contributed by atoms with Crippen LogP contribution in [0.3, 0.4) is 0 Å². The molecule has 19 heavy (non-hydrogen) atoms. The molecule has 1 heterocycles. The van der Waals surface area contributed by atoms with E-state index in [1.165, 1.54) is 23.9 Å². The molecule has 4 heteroatoms. The van der Waals surface area contributed by atoms with Crippen molar-refractivity contribution in [2.24, 2.45) is 0 Å². The summed E-state index contributed by atoms with van der Waals surface area (Å²) < 4.78 is 0. The maximum absolute atomic E-state index is 12.1. The minimum absolute atomic E-state index is 0.114. The topological polar surface area (TPSA) is 53.2 Å². The van der Waals surface area contributed by atoms with Gasteiger partial charge in [-0.05, 0) is 18.6 Å². The maximum Gasteiger partial charge on any atom is 0.255 e. The van der Waals surface area contributed by atoms with Crippen LogP contribution in [0.1, 0.15) is 21.5 Å². The lowest BCUT2D eigenvalue weighted by molar-refractivity contribution is 0.0784. The van der Waals surface area contributed by atoms with E-state index in [2.05, 4.69) is 4.98 Å². The van der Waals surface area contributed by atoms with Crippen LogP contribution in [-0.4, -0.2) is 22.8 Å². The molecule has 0 fully saturated rings. The van der Waals surface area contributed by atoms with Crippen molar-refractivity contribution in [2.45, 2.75) is 13.5 Å². The third-order valence-corrected chi connectivity index (χ3v) is 2.92. The van der Waals surface area contributed by atoms with Crippen molar-refractivity contribution >= 4 is 5.91 Å². The SMILES string of the molecule is Cc1ccc(CN(C)C(=O)c2ccc(=O)[nH]c2)cc1. The zero-order valence-corrected chi connectivity index (χ0v) is 11.0. The van der Waals surface area contributed by atoms with Crippen molar-refractivity contribution in [3.05, 3.63) is 69.6 Å². The van der Waals surface area contributed by atoms with Crippen LogP contribution in [0.15, 0.2) is 47.4 Å². The highest BCUT2D eigenvalue weighted by atomic mass is 16.2. The van der Waals surface area contributed by atoms with Crippen LogP contribution in [-0.2, 0) is 6.54 Å². The van der Waals surface area contributed by atoms with E-state index in [9.17, 15) is 9.59 Å². The molecule has 2 aromatic rings. The van der Waals surface area contributed by atoms with Gasteiger partial charge in [0.15, 0.2) is 0 Å². The zero-order chi connectivity index (χ0) is 13.8. The number of aromatic nitrogens is 1. The molecule has 0 unspecified atom stereocenters. The molecule has 98 valence electrons. The molecule has 2 rings (SSSR count). The van der Waals surface area contributed by atoms with Crippen LogP contribution < -0.4 is 5.56 Å². The summed E-state index contributed by atoms with van der Waals surface area (Å²) in [5, 5.41) is 0. The fraction of sp³-hybridized carbons (Fsp3) is 0.200. The summed E-state index contributed by atoms with van der Waals surface area (Å²) in [4.78, 5) is 27.2. The molecule has 4 nitrogen and oxygen atoms in total. The molecule has 0 aliphatic rings. The predicted molar refractivity (Wildman–Crippen MR) is 74.0 cm³/mol. The molecule has 0 saturated heterocycles. The Hall–Kier alpha value is -2.36. The second-order valence-corrected chi connectivity index (χ2v) is 4.59. The summed E-state index contributed by atoms with van der Waals surface area (Å²) in [6.07, 6.45) is 1.44. The van der Waals surface area contributed by atoms with E-state index in [0.29, 0.717) is 12.1 Å². The minimum atomic E-state index is -0.210. The van der Waals surface area contributed by atoms with Gasteiger partial charge in [0.2, 0.25) is 5.56 Å². The first kappa shape index (κ1) is 13.1. The number of rotatable bonds is 3. The number of aryl methyl sites for hydroxylation is 1. The summed E-state index contributed by atoms with van der Waals surface area (Å²) in [7, 11) is 1.74. The summed E-state index contributed by atoms with van der Waals surface area (Å²) in [6.45, 7) is 2.57. The van der Waals surface area contributed by atoms with Gasteiger partial charge in [0.05, 0.1) is 5.56 Å². The maximum atomic E-state index is 12.1. The number of nitrogens with zero attached hydrogens (tertiary/aromatic N) is 1. The number of aromatic amines is 1. The van der Waals surface area contributed by atoms with E-state index in [1.807, 2.05) is 31.2 Å². The Labute approximate surface area is 111 Å². The Morgan fingerprint density at radius 1 is 1.16 bits per heavy atom. The molecular weight excluding hydrogens is 240 g/mol.